The molecule has 2 atom stereocenters. The molecular formula is C12H18N4O6. The lowest BCUT2D eigenvalue weighted by Gasteiger charge is -2.13. The average Bonchev–Trinajstić information content (AvgIpc) is 2.87. The highest BCUT2D eigenvalue weighted by Crippen LogP contribution is 2.25. The maximum atomic E-state index is 11.4. The summed E-state index contributed by atoms with van der Waals surface area (Å²) < 4.78 is 10.5. The molecule has 0 radical (unpaired) electrons. The maximum absolute atomic E-state index is 11.4. The van der Waals surface area contributed by atoms with Crippen LogP contribution in [-0.2, 0) is 9.47 Å². The molecule has 0 bridgehead atoms. The van der Waals surface area contributed by atoms with Crippen LogP contribution in [0.15, 0.2) is 9.98 Å². The third-order valence-corrected chi connectivity index (χ3v) is 3.23. The second kappa shape index (κ2) is 5.18. The van der Waals surface area contributed by atoms with Gasteiger partial charge >= 0.3 is 12.1 Å². The first-order chi connectivity index (χ1) is 10.0. The molecule has 10 heteroatoms. The van der Waals surface area contributed by atoms with Crippen LogP contribution in [0.5, 0.6) is 0 Å². The van der Waals surface area contributed by atoms with Gasteiger partial charge in [-0.25, -0.2) is 9.98 Å². The van der Waals surface area contributed by atoms with Crippen molar-refractivity contribution >= 4 is 11.8 Å². The molecule has 2 heterocycles. The van der Waals surface area contributed by atoms with Crippen LogP contribution < -0.4 is 0 Å². The standard InChI is InChI=1S/C12H18N4O6/c1-11(2)5-21-9(13-11)7(15(17)18)8(16(19)20)10-14-12(3,4)6-22-10/h7-8H,5-6H2,1-4H3. The van der Waals surface area contributed by atoms with Crippen LogP contribution in [0.25, 0.3) is 0 Å². The van der Waals surface area contributed by atoms with Crippen molar-refractivity contribution in [2.45, 2.75) is 50.9 Å². The summed E-state index contributed by atoms with van der Waals surface area (Å²) in [4.78, 5) is 29.4. The molecule has 0 aromatic heterocycles. The van der Waals surface area contributed by atoms with Gasteiger partial charge in [0, 0.05) is 9.85 Å². The molecule has 0 amide bonds. The molecule has 2 unspecified atom stereocenters. The molecule has 0 N–H and O–H groups in total. The predicted molar refractivity (Wildman–Crippen MR) is 76.5 cm³/mol. The minimum Gasteiger partial charge on any atom is -0.473 e. The number of aliphatic imine (C=N–C) groups is 2. The molecule has 0 aromatic rings. The molecule has 0 saturated heterocycles. The highest BCUT2D eigenvalue weighted by atomic mass is 16.7. The molecule has 0 fully saturated rings. The lowest BCUT2D eigenvalue weighted by Crippen LogP contribution is -2.50. The van der Waals surface area contributed by atoms with Gasteiger partial charge in [-0.05, 0) is 27.7 Å². The Labute approximate surface area is 126 Å². The zero-order valence-electron chi connectivity index (χ0n) is 12.8. The van der Waals surface area contributed by atoms with Gasteiger partial charge in [-0.3, -0.25) is 20.2 Å². The normalized spacial score (nSPS) is 24.5. The van der Waals surface area contributed by atoms with Crippen molar-refractivity contribution in [2.24, 2.45) is 9.98 Å². The summed E-state index contributed by atoms with van der Waals surface area (Å²) in [6, 6.07) is -3.52. The number of hydrogen-bond acceptors (Lipinski definition) is 8. The quantitative estimate of drug-likeness (QED) is 0.542. The fourth-order valence-corrected chi connectivity index (χ4v) is 2.21. The summed E-state index contributed by atoms with van der Waals surface area (Å²) >= 11 is 0. The molecule has 2 rings (SSSR count). The van der Waals surface area contributed by atoms with Gasteiger partial charge in [0.2, 0.25) is 0 Å². The van der Waals surface area contributed by atoms with E-state index in [1.165, 1.54) is 0 Å². The number of nitrogens with zero attached hydrogens (tertiary/aromatic N) is 4. The molecule has 122 valence electrons. The Kier molecular flexibility index (Phi) is 3.80. The second-order valence-corrected chi connectivity index (χ2v) is 6.56. The highest BCUT2D eigenvalue weighted by molar-refractivity contribution is 5.92. The van der Waals surface area contributed by atoms with E-state index in [1.807, 2.05) is 0 Å². The Morgan fingerprint density at radius 2 is 1.23 bits per heavy atom. The summed E-state index contributed by atoms with van der Waals surface area (Å²) in [5.74, 6) is -0.514. The summed E-state index contributed by atoms with van der Waals surface area (Å²) in [5, 5.41) is 22.8. The molecule has 2 aliphatic rings. The van der Waals surface area contributed by atoms with Crippen molar-refractivity contribution in [3.8, 4) is 0 Å². The van der Waals surface area contributed by atoms with E-state index in [9.17, 15) is 20.2 Å². The van der Waals surface area contributed by atoms with E-state index in [-0.39, 0.29) is 25.0 Å². The Balaban J connectivity index is 2.41. The lowest BCUT2D eigenvalue weighted by molar-refractivity contribution is -0.592. The summed E-state index contributed by atoms with van der Waals surface area (Å²) in [7, 11) is 0. The van der Waals surface area contributed by atoms with E-state index in [1.54, 1.807) is 27.7 Å². The van der Waals surface area contributed by atoms with Gasteiger partial charge in [-0.15, -0.1) is 0 Å². The van der Waals surface area contributed by atoms with Crippen molar-refractivity contribution in [2.75, 3.05) is 13.2 Å². The minimum atomic E-state index is -1.76. The van der Waals surface area contributed by atoms with Crippen LogP contribution in [0.3, 0.4) is 0 Å². The second-order valence-electron chi connectivity index (χ2n) is 6.56. The SMILES string of the molecule is CC1(C)COC(C(C(C2=NC(C)(C)CO2)[N+](=O)[O-])[N+](=O)[O-])=N1. The van der Waals surface area contributed by atoms with Gasteiger partial charge in [-0.1, -0.05) is 0 Å². The van der Waals surface area contributed by atoms with Crippen molar-refractivity contribution < 1.29 is 19.3 Å². The topological polar surface area (TPSA) is 129 Å². The van der Waals surface area contributed by atoms with E-state index < -0.39 is 33.0 Å². The first-order valence-corrected chi connectivity index (χ1v) is 6.74. The van der Waals surface area contributed by atoms with Gasteiger partial charge in [0.1, 0.15) is 13.2 Å². The molecule has 0 aliphatic carbocycles. The fraction of sp³-hybridized carbons (Fsp3) is 0.833. The molecule has 0 saturated carbocycles. The van der Waals surface area contributed by atoms with Crippen LogP contribution in [0, 0.1) is 20.2 Å². The lowest BCUT2D eigenvalue weighted by atomic mass is 10.1. The van der Waals surface area contributed by atoms with E-state index in [2.05, 4.69) is 9.98 Å². The summed E-state index contributed by atoms with van der Waals surface area (Å²) in [5.41, 5.74) is -1.30. The number of hydrogen-bond donors (Lipinski definition) is 0. The molecule has 0 aromatic carbocycles. The van der Waals surface area contributed by atoms with Crippen LogP contribution >= 0.6 is 0 Å². The third kappa shape index (κ3) is 3.15. The Bertz CT molecular complexity index is 518. The fourth-order valence-electron chi connectivity index (χ4n) is 2.21. The van der Waals surface area contributed by atoms with Crippen LogP contribution in [0.4, 0.5) is 0 Å². The van der Waals surface area contributed by atoms with Gasteiger partial charge in [0.15, 0.2) is 0 Å². The first kappa shape index (κ1) is 16.1. The van der Waals surface area contributed by atoms with Gasteiger partial charge in [0.25, 0.3) is 11.8 Å². The Hall–Kier alpha value is -2.26. The molecule has 10 nitrogen and oxygen atoms in total. The maximum Gasteiger partial charge on any atom is 0.361 e. The van der Waals surface area contributed by atoms with Gasteiger partial charge in [0.05, 0.1) is 11.1 Å². The van der Waals surface area contributed by atoms with E-state index >= 15 is 0 Å². The average molecular weight is 314 g/mol. The summed E-state index contributed by atoms with van der Waals surface area (Å²) in [6.45, 7) is 7.18. The zero-order valence-corrected chi connectivity index (χ0v) is 12.8. The van der Waals surface area contributed by atoms with Crippen LogP contribution in [0.1, 0.15) is 27.7 Å². The minimum absolute atomic E-state index is 0.135. The van der Waals surface area contributed by atoms with E-state index in [0.717, 1.165) is 0 Å². The monoisotopic (exact) mass is 314 g/mol. The van der Waals surface area contributed by atoms with Crippen molar-refractivity contribution in [1.29, 1.82) is 0 Å². The van der Waals surface area contributed by atoms with Gasteiger partial charge in [-0.2, -0.15) is 0 Å². The molecule has 22 heavy (non-hydrogen) atoms. The number of rotatable bonds is 5. The van der Waals surface area contributed by atoms with Crippen molar-refractivity contribution in [3.63, 3.8) is 0 Å². The van der Waals surface area contributed by atoms with E-state index in [4.69, 9.17) is 9.47 Å². The first-order valence-electron chi connectivity index (χ1n) is 6.74. The predicted octanol–water partition coefficient (Wildman–Crippen LogP) is 0.692. The Morgan fingerprint density at radius 1 is 0.909 bits per heavy atom. The summed E-state index contributed by atoms with van der Waals surface area (Å²) in [6.07, 6.45) is 0. The van der Waals surface area contributed by atoms with E-state index in [0.29, 0.717) is 0 Å². The third-order valence-electron chi connectivity index (χ3n) is 3.23. The molecule has 2 aliphatic heterocycles. The molecular weight excluding hydrogens is 296 g/mol. The Morgan fingerprint density at radius 3 is 1.41 bits per heavy atom. The largest absolute Gasteiger partial charge is 0.473 e. The van der Waals surface area contributed by atoms with Crippen LogP contribution in [0.2, 0.25) is 0 Å². The number of nitro groups is 2. The van der Waals surface area contributed by atoms with Crippen LogP contribution in [-0.4, -0.2) is 58.0 Å². The number of ether oxygens (including phenoxy) is 2. The van der Waals surface area contributed by atoms with Gasteiger partial charge < -0.3 is 9.47 Å². The zero-order chi connectivity index (χ0) is 16.7. The van der Waals surface area contributed by atoms with Crippen molar-refractivity contribution in [3.05, 3.63) is 20.2 Å². The highest BCUT2D eigenvalue weighted by Gasteiger charge is 2.55. The smallest absolute Gasteiger partial charge is 0.361 e. The molecule has 0 spiro atoms. The van der Waals surface area contributed by atoms with Crippen molar-refractivity contribution in [1.82, 2.24) is 0 Å².